The quantitative estimate of drug-likeness (QED) is 0.532. The van der Waals surface area contributed by atoms with Crippen LogP contribution in [-0.2, 0) is 14.3 Å². The molecule has 170 valence electrons. The molecule has 0 bridgehead atoms. The van der Waals surface area contributed by atoms with E-state index in [4.69, 9.17) is 14.2 Å². The van der Waals surface area contributed by atoms with Gasteiger partial charge in [0.1, 0.15) is 17.2 Å². The molecule has 0 unspecified atom stereocenters. The average Bonchev–Trinajstić information content (AvgIpc) is 2.99. The van der Waals surface area contributed by atoms with Crippen LogP contribution in [0.25, 0.3) is 5.57 Å². The van der Waals surface area contributed by atoms with E-state index in [2.05, 4.69) is 5.32 Å². The van der Waals surface area contributed by atoms with Gasteiger partial charge in [0.25, 0.3) is 11.8 Å². The zero-order valence-electron chi connectivity index (χ0n) is 19.0. The van der Waals surface area contributed by atoms with Crippen LogP contribution < -0.4 is 14.8 Å². The molecule has 0 aliphatic carbocycles. The minimum Gasteiger partial charge on any atom is -0.494 e. The van der Waals surface area contributed by atoms with Crippen LogP contribution in [0.3, 0.4) is 0 Å². The fourth-order valence-electron chi connectivity index (χ4n) is 3.40. The summed E-state index contributed by atoms with van der Waals surface area (Å²) in [6, 6.07) is 14.5. The molecular formula is C25H30N2O5. The monoisotopic (exact) mass is 438 g/mol. The Morgan fingerprint density at radius 1 is 0.906 bits per heavy atom. The Bertz CT molecular complexity index is 982. The van der Waals surface area contributed by atoms with E-state index in [1.165, 1.54) is 4.90 Å². The summed E-state index contributed by atoms with van der Waals surface area (Å²) in [7, 11) is 0. The van der Waals surface area contributed by atoms with E-state index < -0.39 is 0 Å². The number of hydrogen-bond donors (Lipinski definition) is 1. The molecule has 0 spiro atoms. The molecular weight excluding hydrogens is 408 g/mol. The highest BCUT2D eigenvalue weighted by Gasteiger charge is 2.39. The van der Waals surface area contributed by atoms with Crippen LogP contribution >= 0.6 is 0 Å². The number of amides is 2. The standard InChI is InChI=1S/C25H30N2O5/c1-5-30-20-12-10-18(11-13-20)22-23(26-19-8-7-9-21(16-19)31-6-2)25(29)27(24(22)28)14-15-32-17(3)4/h7-13,16-17,26H,5-6,14-15H2,1-4H3. The van der Waals surface area contributed by atoms with Crippen LogP contribution in [-0.4, -0.2) is 49.2 Å². The SMILES string of the molecule is CCOc1ccc(C2=C(Nc3cccc(OCC)c3)C(=O)N(CCOC(C)C)C2=O)cc1. The van der Waals surface area contributed by atoms with E-state index in [1.807, 2.05) is 45.9 Å². The van der Waals surface area contributed by atoms with Crippen LogP contribution in [0.2, 0.25) is 0 Å². The van der Waals surface area contributed by atoms with E-state index in [0.717, 1.165) is 0 Å². The zero-order chi connectivity index (χ0) is 23.1. The van der Waals surface area contributed by atoms with Gasteiger partial charge in [-0.1, -0.05) is 18.2 Å². The number of benzene rings is 2. The van der Waals surface area contributed by atoms with Gasteiger partial charge in [0.2, 0.25) is 0 Å². The molecule has 2 aromatic carbocycles. The first kappa shape index (κ1) is 23.3. The van der Waals surface area contributed by atoms with Gasteiger partial charge < -0.3 is 19.5 Å². The number of nitrogens with zero attached hydrogens (tertiary/aromatic N) is 1. The Hall–Kier alpha value is -3.32. The summed E-state index contributed by atoms with van der Waals surface area (Å²) >= 11 is 0. The third kappa shape index (κ3) is 5.48. The molecule has 1 aliphatic rings. The van der Waals surface area contributed by atoms with Gasteiger partial charge in [0.05, 0.1) is 38.0 Å². The lowest BCUT2D eigenvalue weighted by atomic mass is 10.0. The van der Waals surface area contributed by atoms with E-state index in [0.29, 0.717) is 41.5 Å². The number of rotatable bonds is 11. The minimum atomic E-state index is -0.381. The van der Waals surface area contributed by atoms with Crippen LogP contribution in [0.5, 0.6) is 11.5 Å². The predicted octanol–water partition coefficient (Wildman–Crippen LogP) is 4.10. The highest BCUT2D eigenvalue weighted by atomic mass is 16.5. The lowest BCUT2D eigenvalue weighted by Crippen LogP contribution is -2.35. The van der Waals surface area contributed by atoms with Crippen molar-refractivity contribution in [1.82, 2.24) is 4.90 Å². The van der Waals surface area contributed by atoms with E-state index in [-0.39, 0.29) is 36.8 Å². The summed E-state index contributed by atoms with van der Waals surface area (Å²) in [5, 5.41) is 3.15. The van der Waals surface area contributed by atoms with Crippen molar-refractivity contribution < 1.29 is 23.8 Å². The molecule has 7 nitrogen and oxygen atoms in total. The third-order valence-electron chi connectivity index (χ3n) is 4.80. The Morgan fingerprint density at radius 2 is 1.59 bits per heavy atom. The van der Waals surface area contributed by atoms with Crippen molar-refractivity contribution in [2.45, 2.75) is 33.8 Å². The largest absolute Gasteiger partial charge is 0.494 e. The number of ether oxygens (including phenoxy) is 3. The van der Waals surface area contributed by atoms with Gasteiger partial charge in [0, 0.05) is 11.8 Å². The van der Waals surface area contributed by atoms with E-state index >= 15 is 0 Å². The fourth-order valence-corrected chi connectivity index (χ4v) is 3.40. The Labute approximate surface area is 189 Å². The first-order valence-corrected chi connectivity index (χ1v) is 10.9. The molecule has 32 heavy (non-hydrogen) atoms. The molecule has 1 heterocycles. The number of imide groups is 1. The molecule has 0 saturated heterocycles. The van der Waals surface area contributed by atoms with Gasteiger partial charge in [-0.3, -0.25) is 14.5 Å². The fraction of sp³-hybridized carbons (Fsp3) is 0.360. The molecule has 0 saturated carbocycles. The molecule has 2 aromatic rings. The van der Waals surface area contributed by atoms with Gasteiger partial charge in [-0.2, -0.15) is 0 Å². The molecule has 7 heteroatoms. The molecule has 0 atom stereocenters. The van der Waals surface area contributed by atoms with Crippen molar-refractivity contribution in [2.75, 3.05) is 31.7 Å². The third-order valence-corrected chi connectivity index (χ3v) is 4.80. The number of hydrogen-bond acceptors (Lipinski definition) is 6. The Balaban J connectivity index is 1.94. The molecule has 0 aromatic heterocycles. The maximum absolute atomic E-state index is 13.3. The second kappa shape index (κ2) is 10.8. The maximum Gasteiger partial charge on any atom is 0.278 e. The Kier molecular flexibility index (Phi) is 7.89. The number of anilines is 1. The van der Waals surface area contributed by atoms with Crippen LogP contribution in [0.4, 0.5) is 5.69 Å². The highest BCUT2D eigenvalue weighted by molar-refractivity contribution is 6.36. The topological polar surface area (TPSA) is 77.1 Å². The summed E-state index contributed by atoms with van der Waals surface area (Å²) < 4.78 is 16.6. The lowest BCUT2D eigenvalue weighted by molar-refractivity contribution is -0.137. The molecule has 0 fully saturated rings. The second-order valence-electron chi connectivity index (χ2n) is 7.47. The minimum absolute atomic E-state index is 0.0141. The van der Waals surface area contributed by atoms with Crippen molar-refractivity contribution in [3.63, 3.8) is 0 Å². The van der Waals surface area contributed by atoms with Crippen molar-refractivity contribution in [3.8, 4) is 11.5 Å². The van der Waals surface area contributed by atoms with E-state index in [1.54, 1.807) is 30.3 Å². The number of carbonyl (C=O) groups is 2. The van der Waals surface area contributed by atoms with Gasteiger partial charge >= 0.3 is 0 Å². The smallest absolute Gasteiger partial charge is 0.278 e. The van der Waals surface area contributed by atoms with Crippen LogP contribution in [0.15, 0.2) is 54.2 Å². The summed E-state index contributed by atoms with van der Waals surface area (Å²) in [6.45, 7) is 9.18. The van der Waals surface area contributed by atoms with Crippen molar-refractivity contribution >= 4 is 23.1 Å². The van der Waals surface area contributed by atoms with Gasteiger partial charge in [-0.25, -0.2) is 0 Å². The zero-order valence-corrected chi connectivity index (χ0v) is 19.0. The molecule has 3 rings (SSSR count). The molecule has 2 amide bonds. The number of nitrogens with one attached hydrogen (secondary N) is 1. The van der Waals surface area contributed by atoms with Crippen LogP contribution in [0, 0.1) is 0 Å². The van der Waals surface area contributed by atoms with Crippen molar-refractivity contribution in [3.05, 3.63) is 59.8 Å². The highest BCUT2D eigenvalue weighted by Crippen LogP contribution is 2.32. The van der Waals surface area contributed by atoms with Crippen molar-refractivity contribution in [1.29, 1.82) is 0 Å². The van der Waals surface area contributed by atoms with E-state index in [9.17, 15) is 9.59 Å². The molecule has 0 radical (unpaired) electrons. The molecule has 1 N–H and O–H groups in total. The first-order valence-electron chi connectivity index (χ1n) is 10.9. The van der Waals surface area contributed by atoms with Gasteiger partial charge in [-0.15, -0.1) is 0 Å². The second-order valence-corrected chi connectivity index (χ2v) is 7.47. The summed E-state index contributed by atoms with van der Waals surface area (Å²) in [5.74, 6) is 0.650. The van der Waals surface area contributed by atoms with Gasteiger partial charge in [-0.05, 0) is 57.5 Å². The lowest BCUT2D eigenvalue weighted by Gasteiger charge is -2.16. The number of carbonyl (C=O) groups excluding carboxylic acids is 2. The summed E-state index contributed by atoms with van der Waals surface area (Å²) in [6.07, 6.45) is 0.0141. The van der Waals surface area contributed by atoms with Gasteiger partial charge in [0.15, 0.2) is 0 Å². The van der Waals surface area contributed by atoms with Crippen molar-refractivity contribution in [2.24, 2.45) is 0 Å². The average molecular weight is 439 g/mol. The summed E-state index contributed by atoms with van der Waals surface area (Å²) in [5.41, 5.74) is 1.86. The maximum atomic E-state index is 13.3. The molecule has 1 aliphatic heterocycles. The first-order chi connectivity index (χ1) is 15.4. The summed E-state index contributed by atoms with van der Waals surface area (Å²) in [4.78, 5) is 27.7. The predicted molar refractivity (Wildman–Crippen MR) is 124 cm³/mol. The Morgan fingerprint density at radius 3 is 2.25 bits per heavy atom. The van der Waals surface area contributed by atoms with Crippen LogP contribution in [0.1, 0.15) is 33.3 Å². The normalized spacial score (nSPS) is 13.8.